The minimum absolute atomic E-state index is 0.0296. The molecule has 4 rings (SSSR count). The van der Waals surface area contributed by atoms with E-state index in [0.29, 0.717) is 11.8 Å². The average Bonchev–Trinajstić information content (AvgIpc) is 2.79. The molecule has 174 valence electrons. The molecule has 0 amide bonds. The molecule has 0 spiro atoms. The molecule has 1 aromatic heterocycles. The quantitative estimate of drug-likeness (QED) is 0.439. The van der Waals surface area contributed by atoms with E-state index < -0.39 is 0 Å². The van der Waals surface area contributed by atoms with Crippen LogP contribution < -0.4 is 0 Å². The molecule has 2 aromatic rings. The largest absolute Gasteiger partial charge is 0.256 e. The highest BCUT2D eigenvalue weighted by Gasteiger charge is 2.38. The number of aromatic nitrogens is 1. The predicted molar refractivity (Wildman–Crippen MR) is 144 cm³/mol. The van der Waals surface area contributed by atoms with Crippen LogP contribution in [0.25, 0.3) is 16.3 Å². The Kier molecular flexibility index (Phi) is 9.49. The van der Waals surface area contributed by atoms with Gasteiger partial charge in [0.2, 0.25) is 0 Å². The summed E-state index contributed by atoms with van der Waals surface area (Å²) in [5, 5.41) is 2.68. The van der Waals surface area contributed by atoms with E-state index in [1.54, 1.807) is 0 Å². The number of allylic oxidation sites excluding steroid dienone is 6. The number of pyridine rings is 1. The van der Waals surface area contributed by atoms with Gasteiger partial charge in [-0.3, -0.25) is 4.98 Å². The van der Waals surface area contributed by atoms with Gasteiger partial charge in [0.25, 0.3) is 0 Å². The van der Waals surface area contributed by atoms with E-state index in [4.69, 9.17) is 4.98 Å². The maximum absolute atomic E-state index is 4.86. The second-order valence-corrected chi connectivity index (χ2v) is 10.1. The van der Waals surface area contributed by atoms with Gasteiger partial charge >= 0.3 is 0 Å². The maximum Gasteiger partial charge on any atom is 0.0749 e. The molecule has 2 aliphatic rings. The summed E-state index contributed by atoms with van der Waals surface area (Å²) in [6.45, 7) is 19.9. The Balaban J connectivity index is 0.000000460. The van der Waals surface area contributed by atoms with E-state index in [0.717, 1.165) is 18.8 Å². The van der Waals surface area contributed by atoms with Crippen LogP contribution >= 0.6 is 0 Å². The summed E-state index contributed by atoms with van der Waals surface area (Å²) in [6, 6.07) is 8.84. The Labute approximate surface area is 197 Å². The number of hydrogen-bond acceptors (Lipinski definition) is 1. The topological polar surface area (TPSA) is 12.9 Å². The van der Waals surface area contributed by atoms with E-state index in [9.17, 15) is 0 Å². The molecule has 0 fully saturated rings. The Bertz CT molecular complexity index is 964. The monoisotopic (exact) mass is 431 g/mol. The van der Waals surface area contributed by atoms with Gasteiger partial charge in [0, 0.05) is 17.0 Å². The number of rotatable bonds is 4. The molecular formula is C31H45N. The van der Waals surface area contributed by atoms with Gasteiger partial charge in [-0.1, -0.05) is 111 Å². The first-order valence-corrected chi connectivity index (χ1v) is 12.7. The highest BCUT2D eigenvalue weighted by molar-refractivity contribution is 6.00. The van der Waals surface area contributed by atoms with Gasteiger partial charge in [-0.15, -0.1) is 0 Å². The van der Waals surface area contributed by atoms with E-state index in [2.05, 4.69) is 97.0 Å². The van der Waals surface area contributed by atoms with E-state index >= 15 is 0 Å². The van der Waals surface area contributed by atoms with E-state index in [1.807, 2.05) is 20.0 Å². The van der Waals surface area contributed by atoms with Crippen LogP contribution in [0.1, 0.15) is 92.8 Å². The number of benzene rings is 1. The first-order valence-electron chi connectivity index (χ1n) is 12.7. The van der Waals surface area contributed by atoms with Gasteiger partial charge < -0.3 is 0 Å². The van der Waals surface area contributed by atoms with Gasteiger partial charge in [0.05, 0.1) is 5.69 Å². The summed E-state index contributed by atoms with van der Waals surface area (Å²) in [5.41, 5.74) is 5.59. The van der Waals surface area contributed by atoms with Crippen molar-refractivity contribution in [2.45, 2.75) is 87.0 Å². The second-order valence-electron chi connectivity index (χ2n) is 10.1. The van der Waals surface area contributed by atoms with Crippen LogP contribution in [0.15, 0.2) is 60.3 Å². The molecule has 1 nitrogen and oxygen atoms in total. The summed E-state index contributed by atoms with van der Waals surface area (Å²) in [5.74, 6) is 2.02. The summed E-state index contributed by atoms with van der Waals surface area (Å²) in [7, 11) is 0. The van der Waals surface area contributed by atoms with Crippen molar-refractivity contribution in [1.29, 1.82) is 0 Å². The summed E-state index contributed by atoms with van der Waals surface area (Å²) in [4.78, 5) is 4.86. The third kappa shape index (κ3) is 5.61. The fourth-order valence-electron chi connectivity index (χ4n) is 4.47. The molecule has 1 atom stereocenters. The van der Waals surface area contributed by atoms with Crippen molar-refractivity contribution in [2.75, 3.05) is 0 Å². The van der Waals surface area contributed by atoms with E-state index in [1.165, 1.54) is 39.6 Å². The SMILES string of the molecule is CC.CC(C)C=CCC1CC=CC2=C1c1nccc3cccc(c13)C2(C)C.CCC(C)C. The van der Waals surface area contributed by atoms with Gasteiger partial charge in [-0.25, -0.2) is 0 Å². The van der Waals surface area contributed by atoms with Crippen molar-refractivity contribution in [2.24, 2.45) is 17.8 Å². The van der Waals surface area contributed by atoms with Crippen molar-refractivity contribution in [3.8, 4) is 0 Å². The van der Waals surface area contributed by atoms with Crippen LogP contribution in [0.3, 0.4) is 0 Å². The Hall–Kier alpha value is -2.15. The molecule has 0 aliphatic heterocycles. The van der Waals surface area contributed by atoms with Crippen molar-refractivity contribution >= 4 is 16.3 Å². The van der Waals surface area contributed by atoms with Crippen LogP contribution in [0.2, 0.25) is 0 Å². The van der Waals surface area contributed by atoms with Crippen LogP contribution in [-0.2, 0) is 5.41 Å². The number of hydrogen-bond donors (Lipinski definition) is 0. The average molecular weight is 432 g/mol. The Morgan fingerprint density at radius 1 is 1.09 bits per heavy atom. The van der Waals surface area contributed by atoms with Crippen LogP contribution in [0.5, 0.6) is 0 Å². The van der Waals surface area contributed by atoms with Gasteiger partial charge in [0.15, 0.2) is 0 Å². The molecule has 0 N–H and O–H groups in total. The molecule has 1 aromatic carbocycles. The molecule has 0 saturated carbocycles. The highest BCUT2D eigenvalue weighted by Crippen LogP contribution is 2.51. The minimum atomic E-state index is 0.0296. The van der Waals surface area contributed by atoms with Crippen molar-refractivity contribution in [3.63, 3.8) is 0 Å². The molecule has 32 heavy (non-hydrogen) atoms. The Morgan fingerprint density at radius 3 is 2.41 bits per heavy atom. The number of nitrogens with zero attached hydrogens (tertiary/aromatic N) is 1. The first-order chi connectivity index (χ1) is 15.3. The molecule has 1 unspecified atom stereocenters. The number of fused-ring (bicyclic) bond motifs is 1. The predicted octanol–water partition coefficient (Wildman–Crippen LogP) is 9.54. The van der Waals surface area contributed by atoms with Gasteiger partial charge in [0.1, 0.15) is 0 Å². The molecule has 0 radical (unpaired) electrons. The fourth-order valence-corrected chi connectivity index (χ4v) is 4.47. The lowest BCUT2D eigenvalue weighted by Gasteiger charge is -2.39. The third-order valence-electron chi connectivity index (χ3n) is 6.55. The zero-order chi connectivity index (χ0) is 23.9. The summed E-state index contributed by atoms with van der Waals surface area (Å²) < 4.78 is 0. The zero-order valence-electron chi connectivity index (χ0n) is 22.0. The molecule has 1 heterocycles. The highest BCUT2D eigenvalue weighted by atomic mass is 14.7. The molecule has 0 bridgehead atoms. The lowest BCUT2D eigenvalue weighted by molar-refractivity contribution is 0.602. The summed E-state index contributed by atoms with van der Waals surface area (Å²) in [6.07, 6.45) is 14.9. The third-order valence-corrected chi connectivity index (χ3v) is 6.55. The smallest absolute Gasteiger partial charge is 0.0749 e. The second kappa shape index (κ2) is 11.6. The molecule has 0 saturated heterocycles. The van der Waals surface area contributed by atoms with Crippen LogP contribution in [-0.4, -0.2) is 4.98 Å². The van der Waals surface area contributed by atoms with Crippen molar-refractivity contribution < 1.29 is 0 Å². The molecular weight excluding hydrogens is 386 g/mol. The van der Waals surface area contributed by atoms with Gasteiger partial charge in [-0.2, -0.15) is 0 Å². The normalized spacial score (nSPS) is 18.4. The minimum Gasteiger partial charge on any atom is -0.256 e. The van der Waals surface area contributed by atoms with Crippen molar-refractivity contribution in [1.82, 2.24) is 4.98 Å². The fraction of sp³-hybridized carbons (Fsp3) is 0.516. The van der Waals surface area contributed by atoms with Crippen LogP contribution in [0, 0.1) is 17.8 Å². The van der Waals surface area contributed by atoms with Gasteiger partial charge in [-0.05, 0) is 58.8 Å². The lowest BCUT2D eigenvalue weighted by Crippen LogP contribution is -2.28. The standard InChI is InChI=1S/C24H27N.C5H12.C2H6/c1-16(2)8-5-9-17-10-6-12-19-21(17)23-22-18(14-15-25-23)11-7-13-20(22)24(19,3)4;1-4-5(2)3;1-2/h5-8,11-17H,9-10H2,1-4H3;5H,4H2,1-3H3;1-2H3. The van der Waals surface area contributed by atoms with E-state index in [-0.39, 0.29) is 5.41 Å². The maximum atomic E-state index is 4.86. The Morgan fingerprint density at radius 2 is 1.78 bits per heavy atom. The lowest BCUT2D eigenvalue weighted by atomic mass is 9.65. The van der Waals surface area contributed by atoms with Crippen molar-refractivity contribution in [3.05, 3.63) is 71.6 Å². The molecule has 2 aliphatic carbocycles. The molecule has 1 heteroatoms. The zero-order valence-corrected chi connectivity index (χ0v) is 22.0. The van der Waals surface area contributed by atoms with Crippen LogP contribution in [0.4, 0.5) is 0 Å². The first kappa shape index (κ1) is 26.1. The summed E-state index contributed by atoms with van der Waals surface area (Å²) >= 11 is 0.